The number of amides is 1. The number of rotatable bonds is 3. The number of benzene rings is 2. The molecule has 4 heteroatoms. The maximum absolute atomic E-state index is 12.6. The summed E-state index contributed by atoms with van der Waals surface area (Å²) in [7, 11) is 1.84. The molecule has 3 nitrogen and oxygen atoms in total. The van der Waals surface area contributed by atoms with Crippen LogP contribution in [0.1, 0.15) is 21.6 Å². The van der Waals surface area contributed by atoms with Crippen molar-refractivity contribution >= 4 is 39.4 Å². The maximum Gasteiger partial charge on any atom is 0.270 e. The number of nitrogens with zero attached hydrogens (tertiary/aromatic N) is 1. The zero-order valence-electron chi connectivity index (χ0n) is 12.6. The first kappa shape index (κ1) is 15.1. The van der Waals surface area contributed by atoms with E-state index in [-0.39, 0.29) is 5.91 Å². The second-order valence-electron chi connectivity index (χ2n) is 5.53. The molecule has 3 rings (SSSR count). The average molecular weight is 404 g/mol. The van der Waals surface area contributed by atoms with Crippen LogP contribution in [0.25, 0.3) is 10.9 Å². The quantitative estimate of drug-likeness (QED) is 0.648. The minimum Gasteiger partial charge on any atom is -0.351 e. The number of nitrogens with one attached hydrogen (secondary N) is 1. The molecule has 0 saturated heterocycles. The molecular formula is C18H17IN2O. The second-order valence-corrected chi connectivity index (χ2v) is 6.69. The number of H-pyrrole nitrogens is 1. The Balaban J connectivity index is 1.84. The molecule has 0 aliphatic carbocycles. The van der Waals surface area contributed by atoms with Crippen molar-refractivity contribution in [3.63, 3.8) is 0 Å². The van der Waals surface area contributed by atoms with Crippen LogP contribution in [0.3, 0.4) is 0 Å². The van der Waals surface area contributed by atoms with Gasteiger partial charge in [-0.05, 0) is 59.3 Å². The van der Waals surface area contributed by atoms with Crippen LogP contribution in [0.5, 0.6) is 0 Å². The third-order valence-corrected chi connectivity index (χ3v) is 4.77. The van der Waals surface area contributed by atoms with Gasteiger partial charge in [0.2, 0.25) is 0 Å². The molecule has 1 aromatic heterocycles. The normalized spacial score (nSPS) is 10.9. The number of hydrogen-bond donors (Lipinski definition) is 1. The standard InChI is InChI=1S/C18H17IN2O/c1-12-7-8-16-14(9-12)10-17(20-16)18(22)21(2)11-13-5-3-4-6-15(13)19/h3-10,20H,11H2,1-2H3. The minimum absolute atomic E-state index is 0.00788. The number of halogens is 1. The van der Waals surface area contributed by atoms with Crippen molar-refractivity contribution in [2.45, 2.75) is 13.5 Å². The van der Waals surface area contributed by atoms with Crippen LogP contribution in [-0.4, -0.2) is 22.8 Å². The Labute approximate surface area is 143 Å². The first-order valence-corrected chi connectivity index (χ1v) is 8.21. The Morgan fingerprint density at radius 3 is 2.73 bits per heavy atom. The summed E-state index contributed by atoms with van der Waals surface area (Å²) in [6.07, 6.45) is 0. The Hall–Kier alpha value is -1.82. The highest BCUT2D eigenvalue weighted by Crippen LogP contribution is 2.19. The Morgan fingerprint density at radius 2 is 1.95 bits per heavy atom. The van der Waals surface area contributed by atoms with Crippen molar-refractivity contribution in [1.82, 2.24) is 9.88 Å². The lowest BCUT2D eigenvalue weighted by Gasteiger charge is -2.17. The number of fused-ring (bicyclic) bond motifs is 1. The predicted molar refractivity (Wildman–Crippen MR) is 98.0 cm³/mol. The lowest BCUT2D eigenvalue weighted by molar-refractivity contribution is 0.0780. The second kappa shape index (κ2) is 6.12. The number of hydrogen-bond acceptors (Lipinski definition) is 1. The number of aromatic nitrogens is 1. The van der Waals surface area contributed by atoms with Gasteiger partial charge < -0.3 is 9.88 Å². The van der Waals surface area contributed by atoms with E-state index in [1.807, 2.05) is 37.4 Å². The monoisotopic (exact) mass is 404 g/mol. The molecule has 0 saturated carbocycles. The fourth-order valence-corrected chi connectivity index (χ4v) is 3.08. The molecule has 22 heavy (non-hydrogen) atoms. The summed E-state index contributed by atoms with van der Waals surface area (Å²) in [6, 6.07) is 16.2. The highest BCUT2D eigenvalue weighted by Gasteiger charge is 2.15. The topological polar surface area (TPSA) is 36.1 Å². The molecule has 0 atom stereocenters. The van der Waals surface area contributed by atoms with Crippen LogP contribution >= 0.6 is 22.6 Å². The van der Waals surface area contributed by atoms with E-state index in [0.717, 1.165) is 16.5 Å². The summed E-state index contributed by atoms with van der Waals surface area (Å²) in [6.45, 7) is 2.66. The van der Waals surface area contributed by atoms with E-state index < -0.39 is 0 Å². The van der Waals surface area contributed by atoms with Gasteiger partial charge in [-0.1, -0.05) is 29.8 Å². The van der Waals surface area contributed by atoms with Gasteiger partial charge in [-0.15, -0.1) is 0 Å². The number of aryl methyl sites for hydroxylation is 1. The SMILES string of the molecule is Cc1ccc2[nH]c(C(=O)N(C)Cc3ccccc3I)cc2c1. The van der Waals surface area contributed by atoms with Crippen LogP contribution < -0.4 is 0 Å². The molecule has 0 aliphatic heterocycles. The van der Waals surface area contributed by atoms with E-state index in [1.165, 1.54) is 9.13 Å². The molecule has 0 radical (unpaired) electrons. The van der Waals surface area contributed by atoms with E-state index in [0.29, 0.717) is 12.2 Å². The molecule has 0 unspecified atom stereocenters. The lowest BCUT2D eigenvalue weighted by atomic mass is 10.2. The molecular weight excluding hydrogens is 387 g/mol. The molecule has 2 aromatic carbocycles. The maximum atomic E-state index is 12.6. The fourth-order valence-electron chi connectivity index (χ4n) is 2.53. The van der Waals surface area contributed by atoms with Gasteiger partial charge in [-0.25, -0.2) is 0 Å². The lowest BCUT2D eigenvalue weighted by Crippen LogP contribution is -2.26. The number of carbonyl (C=O) groups is 1. The van der Waals surface area contributed by atoms with Crippen molar-refractivity contribution < 1.29 is 4.79 Å². The predicted octanol–water partition coefficient (Wildman–Crippen LogP) is 4.35. The zero-order chi connectivity index (χ0) is 15.7. The fraction of sp³-hybridized carbons (Fsp3) is 0.167. The van der Waals surface area contributed by atoms with E-state index in [4.69, 9.17) is 0 Å². The molecule has 112 valence electrons. The highest BCUT2D eigenvalue weighted by atomic mass is 127. The first-order valence-electron chi connectivity index (χ1n) is 7.13. The van der Waals surface area contributed by atoms with Crippen molar-refractivity contribution in [3.05, 3.63) is 68.9 Å². The largest absolute Gasteiger partial charge is 0.351 e. The van der Waals surface area contributed by atoms with Crippen molar-refractivity contribution in [3.8, 4) is 0 Å². The van der Waals surface area contributed by atoms with Gasteiger partial charge in [0.05, 0.1) is 0 Å². The van der Waals surface area contributed by atoms with Gasteiger partial charge in [0.15, 0.2) is 0 Å². The molecule has 0 spiro atoms. The molecule has 0 fully saturated rings. The summed E-state index contributed by atoms with van der Waals surface area (Å²) < 4.78 is 1.17. The Kier molecular flexibility index (Phi) is 4.20. The van der Waals surface area contributed by atoms with E-state index in [9.17, 15) is 4.79 Å². The average Bonchev–Trinajstić information content (AvgIpc) is 2.91. The van der Waals surface area contributed by atoms with Crippen molar-refractivity contribution in [1.29, 1.82) is 0 Å². The van der Waals surface area contributed by atoms with Gasteiger partial charge >= 0.3 is 0 Å². The summed E-state index contributed by atoms with van der Waals surface area (Å²) in [5.74, 6) is 0.00788. The third kappa shape index (κ3) is 3.02. The highest BCUT2D eigenvalue weighted by molar-refractivity contribution is 14.1. The molecule has 1 heterocycles. The van der Waals surface area contributed by atoms with Crippen LogP contribution in [0.4, 0.5) is 0 Å². The Morgan fingerprint density at radius 1 is 1.18 bits per heavy atom. The number of aromatic amines is 1. The smallest absolute Gasteiger partial charge is 0.270 e. The van der Waals surface area contributed by atoms with Gasteiger partial charge in [-0.2, -0.15) is 0 Å². The summed E-state index contributed by atoms with van der Waals surface area (Å²) in [5, 5.41) is 1.08. The van der Waals surface area contributed by atoms with E-state index >= 15 is 0 Å². The van der Waals surface area contributed by atoms with Gasteiger partial charge in [0.25, 0.3) is 5.91 Å². The summed E-state index contributed by atoms with van der Waals surface area (Å²) in [5.41, 5.74) is 3.98. The van der Waals surface area contributed by atoms with E-state index in [1.54, 1.807) is 4.90 Å². The van der Waals surface area contributed by atoms with Gasteiger partial charge in [0, 0.05) is 28.1 Å². The van der Waals surface area contributed by atoms with Gasteiger partial charge in [-0.3, -0.25) is 4.79 Å². The summed E-state index contributed by atoms with van der Waals surface area (Å²) in [4.78, 5) is 17.6. The summed E-state index contributed by atoms with van der Waals surface area (Å²) >= 11 is 2.30. The molecule has 3 aromatic rings. The zero-order valence-corrected chi connectivity index (χ0v) is 14.7. The van der Waals surface area contributed by atoms with Crippen molar-refractivity contribution in [2.24, 2.45) is 0 Å². The minimum atomic E-state index is 0.00788. The Bertz CT molecular complexity index is 838. The number of carbonyl (C=O) groups excluding carboxylic acids is 1. The molecule has 0 aliphatic rings. The third-order valence-electron chi connectivity index (χ3n) is 3.72. The molecule has 1 amide bonds. The van der Waals surface area contributed by atoms with Crippen LogP contribution in [0.2, 0.25) is 0 Å². The van der Waals surface area contributed by atoms with Crippen LogP contribution in [0.15, 0.2) is 48.5 Å². The van der Waals surface area contributed by atoms with Crippen LogP contribution in [-0.2, 0) is 6.54 Å². The van der Waals surface area contributed by atoms with Gasteiger partial charge in [0.1, 0.15) is 5.69 Å². The van der Waals surface area contributed by atoms with Crippen LogP contribution in [0, 0.1) is 10.5 Å². The first-order chi connectivity index (χ1) is 10.5. The molecule has 0 bridgehead atoms. The molecule has 1 N–H and O–H groups in total. The van der Waals surface area contributed by atoms with Crippen molar-refractivity contribution in [2.75, 3.05) is 7.05 Å². The van der Waals surface area contributed by atoms with E-state index in [2.05, 4.69) is 52.7 Å².